The normalized spacial score (nSPS) is 9.50. The molecule has 0 aliphatic carbocycles. The number of halogens is 1. The quantitative estimate of drug-likeness (QED) is 0.384. The lowest BCUT2D eigenvalue weighted by atomic mass is 10.1. The Labute approximate surface area is 135 Å². The summed E-state index contributed by atoms with van der Waals surface area (Å²) in [7, 11) is 0. The summed E-state index contributed by atoms with van der Waals surface area (Å²) in [5.41, 5.74) is 1.36. The zero-order valence-electron chi connectivity index (χ0n) is 13.0. The third kappa shape index (κ3) is 9.15. The number of aryl methyl sites for hydroxylation is 2. The molecule has 20 heavy (non-hydrogen) atoms. The van der Waals surface area contributed by atoms with Crippen LogP contribution in [0.4, 0.5) is 0 Å². The molecule has 0 saturated heterocycles. The van der Waals surface area contributed by atoms with Gasteiger partial charge in [-0.1, -0.05) is 32.3 Å². The SMILES string of the molecule is CCC#CCCCCCCCC[n+]1ccccc1C.[Br-]. The molecule has 0 fully saturated rings. The second-order valence-electron chi connectivity index (χ2n) is 5.11. The Kier molecular flexibility index (Phi) is 12.7. The van der Waals surface area contributed by atoms with E-state index >= 15 is 0 Å². The molecule has 0 aromatic carbocycles. The van der Waals surface area contributed by atoms with E-state index in [9.17, 15) is 0 Å². The maximum Gasteiger partial charge on any atom is 0.178 e. The average molecular weight is 338 g/mol. The van der Waals surface area contributed by atoms with Crippen molar-refractivity contribution in [3.63, 3.8) is 0 Å². The minimum atomic E-state index is 0. The summed E-state index contributed by atoms with van der Waals surface area (Å²) in [4.78, 5) is 0. The maximum absolute atomic E-state index is 3.21. The van der Waals surface area contributed by atoms with Gasteiger partial charge in [-0.3, -0.25) is 0 Å². The van der Waals surface area contributed by atoms with Gasteiger partial charge < -0.3 is 17.0 Å². The summed E-state index contributed by atoms with van der Waals surface area (Å²) < 4.78 is 2.35. The van der Waals surface area contributed by atoms with Gasteiger partial charge in [0.15, 0.2) is 11.9 Å². The smallest absolute Gasteiger partial charge is 0.178 e. The fourth-order valence-electron chi connectivity index (χ4n) is 2.23. The lowest BCUT2D eigenvalue weighted by Crippen LogP contribution is -3.00. The van der Waals surface area contributed by atoms with E-state index in [0.29, 0.717) is 0 Å². The first kappa shape index (κ1) is 19.2. The minimum absolute atomic E-state index is 0. The van der Waals surface area contributed by atoms with Gasteiger partial charge in [0.1, 0.15) is 6.54 Å². The largest absolute Gasteiger partial charge is 1.00 e. The lowest BCUT2D eigenvalue weighted by molar-refractivity contribution is -0.703. The summed E-state index contributed by atoms with van der Waals surface area (Å²) >= 11 is 0. The topological polar surface area (TPSA) is 3.88 Å². The Morgan fingerprint density at radius 1 is 0.950 bits per heavy atom. The molecule has 1 nitrogen and oxygen atoms in total. The van der Waals surface area contributed by atoms with Gasteiger partial charge in [-0.05, 0) is 12.8 Å². The van der Waals surface area contributed by atoms with Gasteiger partial charge >= 0.3 is 0 Å². The van der Waals surface area contributed by atoms with E-state index in [-0.39, 0.29) is 17.0 Å². The molecule has 1 heterocycles. The fraction of sp³-hybridized carbons (Fsp3) is 0.611. The molecule has 0 bridgehead atoms. The van der Waals surface area contributed by atoms with Gasteiger partial charge in [0.25, 0.3) is 0 Å². The van der Waals surface area contributed by atoms with Gasteiger partial charge in [-0.15, -0.1) is 11.8 Å². The predicted molar refractivity (Wildman–Crippen MR) is 81.8 cm³/mol. The molecule has 0 saturated carbocycles. The Morgan fingerprint density at radius 3 is 2.35 bits per heavy atom. The molecule has 1 rings (SSSR count). The third-order valence-electron chi connectivity index (χ3n) is 3.42. The molecule has 2 heteroatoms. The first-order valence-electron chi connectivity index (χ1n) is 7.75. The Bertz CT molecular complexity index is 403. The van der Waals surface area contributed by atoms with Crippen LogP contribution in [0.5, 0.6) is 0 Å². The highest BCUT2D eigenvalue weighted by Crippen LogP contribution is 2.07. The van der Waals surface area contributed by atoms with Crippen molar-refractivity contribution in [1.29, 1.82) is 0 Å². The summed E-state index contributed by atoms with van der Waals surface area (Å²) in [6, 6.07) is 6.40. The molecule has 0 aliphatic heterocycles. The monoisotopic (exact) mass is 337 g/mol. The molecule has 1 aromatic heterocycles. The number of rotatable bonds is 8. The predicted octanol–water partition coefficient (Wildman–Crippen LogP) is 1.43. The van der Waals surface area contributed by atoms with Gasteiger partial charge in [-0.2, -0.15) is 0 Å². The minimum Gasteiger partial charge on any atom is -1.00 e. The van der Waals surface area contributed by atoms with Crippen LogP contribution < -0.4 is 21.5 Å². The third-order valence-corrected chi connectivity index (χ3v) is 3.42. The van der Waals surface area contributed by atoms with Crippen LogP contribution in [0.1, 0.15) is 64.0 Å². The van der Waals surface area contributed by atoms with Crippen molar-refractivity contribution in [2.45, 2.75) is 71.8 Å². The number of unbranched alkanes of at least 4 members (excludes halogenated alkanes) is 6. The first-order valence-corrected chi connectivity index (χ1v) is 7.75. The number of hydrogen-bond donors (Lipinski definition) is 0. The van der Waals surface area contributed by atoms with Gasteiger partial charge in [0.05, 0.1) is 0 Å². The van der Waals surface area contributed by atoms with Gasteiger partial charge in [0.2, 0.25) is 0 Å². The molecule has 0 aliphatic rings. The van der Waals surface area contributed by atoms with Gasteiger partial charge in [-0.25, -0.2) is 4.57 Å². The molecule has 0 spiro atoms. The lowest BCUT2D eigenvalue weighted by Gasteiger charge is -2.01. The van der Waals surface area contributed by atoms with Crippen molar-refractivity contribution in [2.75, 3.05) is 0 Å². The van der Waals surface area contributed by atoms with Crippen LogP contribution in [0, 0.1) is 18.8 Å². The maximum atomic E-state index is 3.21. The summed E-state index contributed by atoms with van der Waals surface area (Å²) in [6.07, 6.45) is 12.3. The van der Waals surface area contributed by atoms with Gasteiger partial charge in [0, 0.05) is 38.3 Å². The van der Waals surface area contributed by atoms with E-state index in [1.54, 1.807) is 0 Å². The van der Waals surface area contributed by atoms with Crippen LogP contribution in [0.15, 0.2) is 24.4 Å². The van der Waals surface area contributed by atoms with Crippen LogP contribution in [0.25, 0.3) is 0 Å². The first-order chi connectivity index (χ1) is 9.34. The van der Waals surface area contributed by atoms with E-state index in [2.05, 4.69) is 54.7 Å². The second-order valence-corrected chi connectivity index (χ2v) is 5.11. The summed E-state index contributed by atoms with van der Waals surface area (Å²) in [5, 5.41) is 0. The van der Waals surface area contributed by atoms with Crippen molar-refractivity contribution >= 4 is 0 Å². The van der Waals surface area contributed by atoms with E-state index in [0.717, 1.165) is 19.4 Å². The molecule has 0 N–H and O–H groups in total. The Morgan fingerprint density at radius 2 is 1.65 bits per heavy atom. The molecule has 0 amide bonds. The summed E-state index contributed by atoms with van der Waals surface area (Å²) in [5.74, 6) is 6.34. The fourth-order valence-corrected chi connectivity index (χ4v) is 2.23. The molecule has 112 valence electrons. The highest BCUT2D eigenvalue weighted by Gasteiger charge is 2.02. The highest BCUT2D eigenvalue weighted by molar-refractivity contribution is 4.97. The molecular formula is C18H28BrN. The molecule has 0 unspecified atom stereocenters. The molecular weight excluding hydrogens is 310 g/mol. The van der Waals surface area contributed by atoms with E-state index in [1.165, 1.54) is 44.2 Å². The van der Waals surface area contributed by atoms with Crippen molar-refractivity contribution in [1.82, 2.24) is 0 Å². The molecule has 1 aromatic rings. The van der Waals surface area contributed by atoms with E-state index in [1.807, 2.05) is 0 Å². The number of pyridine rings is 1. The van der Waals surface area contributed by atoms with Crippen LogP contribution in [-0.2, 0) is 6.54 Å². The number of nitrogens with zero attached hydrogens (tertiary/aromatic N) is 1. The van der Waals surface area contributed by atoms with Crippen LogP contribution in [-0.4, -0.2) is 0 Å². The highest BCUT2D eigenvalue weighted by atomic mass is 79.9. The average Bonchev–Trinajstić information content (AvgIpc) is 2.43. The molecule has 0 atom stereocenters. The zero-order chi connectivity index (χ0) is 13.8. The number of aromatic nitrogens is 1. The van der Waals surface area contributed by atoms with Crippen molar-refractivity contribution in [3.05, 3.63) is 30.1 Å². The standard InChI is InChI=1S/C18H28N.BrH/c1-3-4-5-6-7-8-9-10-11-13-16-19-17-14-12-15-18(19)2;/h12,14-15,17H,3,6-11,13,16H2,1-2H3;1H/q+1;/p-1. The van der Waals surface area contributed by atoms with Crippen molar-refractivity contribution in [3.8, 4) is 11.8 Å². The van der Waals surface area contributed by atoms with E-state index in [4.69, 9.17) is 0 Å². The number of hydrogen-bond acceptors (Lipinski definition) is 0. The molecule has 0 radical (unpaired) electrons. The second kappa shape index (κ2) is 13.2. The Hall–Kier alpha value is -0.810. The van der Waals surface area contributed by atoms with E-state index < -0.39 is 0 Å². The Balaban J connectivity index is 0.00000361. The van der Waals surface area contributed by atoms with Crippen LogP contribution in [0.2, 0.25) is 0 Å². The van der Waals surface area contributed by atoms with Crippen molar-refractivity contribution in [2.24, 2.45) is 0 Å². The van der Waals surface area contributed by atoms with Crippen LogP contribution >= 0.6 is 0 Å². The summed E-state index contributed by atoms with van der Waals surface area (Å²) in [6.45, 7) is 5.45. The zero-order valence-corrected chi connectivity index (χ0v) is 14.6. The van der Waals surface area contributed by atoms with Crippen LogP contribution in [0.3, 0.4) is 0 Å². The van der Waals surface area contributed by atoms with Crippen molar-refractivity contribution < 1.29 is 21.5 Å².